The number of carbonyl (C=O) groups excluding carboxylic acids is 1. The van der Waals surface area contributed by atoms with Gasteiger partial charge in [0.25, 0.3) is 0 Å². The second-order valence-electron chi connectivity index (χ2n) is 5.34. The molecule has 0 fully saturated rings. The standard InChI is InChI=1S/C15H22N2O4S/c1-21-8-9-22(19,20)11-15(18)17-10-14-13-5-3-2-4-12(13)6-7-16-14/h2-5,14,16H,6-11H2,1H3,(H,17,18). The number of ether oxygens (including phenoxy) is 1. The Balaban J connectivity index is 1.87. The van der Waals surface area contributed by atoms with Crippen LogP contribution >= 0.6 is 0 Å². The zero-order valence-electron chi connectivity index (χ0n) is 12.7. The Bertz CT molecular complexity index is 616. The summed E-state index contributed by atoms with van der Waals surface area (Å²) < 4.78 is 28.1. The lowest BCUT2D eigenvalue weighted by atomic mass is 9.94. The van der Waals surface area contributed by atoms with Crippen molar-refractivity contribution in [3.05, 3.63) is 35.4 Å². The average molecular weight is 326 g/mol. The van der Waals surface area contributed by atoms with E-state index in [9.17, 15) is 13.2 Å². The summed E-state index contributed by atoms with van der Waals surface area (Å²) in [5, 5.41) is 6.05. The summed E-state index contributed by atoms with van der Waals surface area (Å²) in [5.74, 6) is -1.10. The SMILES string of the molecule is COCCS(=O)(=O)CC(=O)NCC1NCCc2ccccc21. The Kier molecular flexibility index (Phi) is 5.93. The molecule has 1 aliphatic rings. The van der Waals surface area contributed by atoms with Crippen LogP contribution in [-0.2, 0) is 25.8 Å². The van der Waals surface area contributed by atoms with E-state index in [0.717, 1.165) is 18.5 Å². The topological polar surface area (TPSA) is 84.5 Å². The second kappa shape index (κ2) is 7.71. The van der Waals surface area contributed by atoms with Crippen molar-refractivity contribution in [2.75, 3.05) is 38.3 Å². The highest BCUT2D eigenvalue weighted by atomic mass is 32.2. The minimum atomic E-state index is -3.41. The van der Waals surface area contributed by atoms with Crippen LogP contribution in [0.5, 0.6) is 0 Å². The molecule has 0 radical (unpaired) electrons. The first kappa shape index (κ1) is 16.9. The molecule has 0 spiro atoms. The van der Waals surface area contributed by atoms with E-state index in [0.29, 0.717) is 6.54 Å². The van der Waals surface area contributed by atoms with E-state index in [1.165, 1.54) is 12.7 Å². The third kappa shape index (κ3) is 4.79. The second-order valence-corrected chi connectivity index (χ2v) is 7.53. The fraction of sp³-hybridized carbons (Fsp3) is 0.533. The molecular weight excluding hydrogens is 304 g/mol. The maximum absolute atomic E-state index is 11.8. The summed E-state index contributed by atoms with van der Waals surface area (Å²) in [6.07, 6.45) is 0.964. The number of amides is 1. The molecule has 1 aromatic carbocycles. The first-order chi connectivity index (χ1) is 10.5. The lowest BCUT2D eigenvalue weighted by Gasteiger charge is -2.27. The van der Waals surface area contributed by atoms with E-state index in [1.807, 2.05) is 18.2 Å². The molecule has 0 aliphatic carbocycles. The molecule has 0 bridgehead atoms. The van der Waals surface area contributed by atoms with Crippen LogP contribution in [0.1, 0.15) is 17.2 Å². The van der Waals surface area contributed by atoms with Gasteiger partial charge < -0.3 is 15.4 Å². The fourth-order valence-electron chi connectivity index (χ4n) is 2.52. The Labute approximate surface area is 131 Å². The minimum Gasteiger partial charge on any atom is -0.384 e. The average Bonchev–Trinajstić information content (AvgIpc) is 2.50. The summed E-state index contributed by atoms with van der Waals surface area (Å²) in [6.45, 7) is 1.34. The van der Waals surface area contributed by atoms with Gasteiger partial charge in [0.05, 0.1) is 12.4 Å². The molecule has 6 nitrogen and oxygen atoms in total. The first-order valence-corrected chi connectivity index (χ1v) is 9.11. The summed E-state index contributed by atoms with van der Waals surface area (Å²) in [4.78, 5) is 11.8. The monoisotopic (exact) mass is 326 g/mol. The number of fused-ring (bicyclic) bond motifs is 1. The number of methoxy groups -OCH3 is 1. The molecule has 0 saturated heterocycles. The van der Waals surface area contributed by atoms with E-state index in [2.05, 4.69) is 16.7 Å². The predicted octanol–water partition coefficient (Wildman–Crippen LogP) is 0.0508. The predicted molar refractivity (Wildman–Crippen MR) is 84.4 cm³/mol. The first-order valence-electron chi connectivity index (χ1n) is 7.29. The van der Waals surface area contributed by atoms with Crippen molar-refractivity contribution in [2.45, 2.75) is 12.5 Å². The molecule has 1 heterocycles. The van der Waals surface area contributed by atoms with Crippen LogP contribution in [0.15, 0.2) is 24.3 Å². The Morgan fingerprint density at radius 2 is 2.18 bits per heavy atom. The van der Waals surface area contributed by atoms with Gasteiger partial charge in [-0.1, -0.05) is 24.3 Å². The summed E-state index contributed by atoms with van der Waals surface area (Å²) in [6, 6.07) is 8.11. The maximum Gasteiger partial charge on any atom is 0.235 e. The molecule has 1 atom stereocenters. The number of carbonyl (C=O) groups is 1. The molecule has 1 unspecified atom stereocenters. The number of nitrogens with one attached hydrogen (secondary N) is 2. The van der Waals surface area contributed by atoms with Gasteiger partial charge in [0.15, 0.2) is 9.84 Å². The zero-order chi connectivity index (χ0) is 16.0. The van der Waals surface area contributed by atoms with Crippen LogP contribution in [-0.4, -0.2) is 52.6 Å². The largest absolute Gasteiger partial charge is 0.384 e. The van der Waals surface area contributed by atoms with E-state index in [4.69, 9.17) is 4.74 Å². The molecular formula is C15H22N2O4S. The number of benzene rings is 1. The zero-order valence-corrected chi connectivity index (χ0v) is 13.5. The quantitative estimate of drug-likeness (QED) is 0.740. The molecule has 1 aliphatic heterocycles. The highest BCUT2D eigenvalue weighted by Crippen LogP contribution is 2.21. The van der Waals surface area contributed by atoms with Crippen molar-refractivity contribution >= 4 is 15.7 Å². The third-order valence-corrected chi connectivity index (χ3v) is 5.16. The number of rotatable bonds is 7. The van der Waals surface area contributed by atoms with Gasteiger partial charge in [-0.15, -0.1) is 0 Å². The molecule has 22 heavy (non-hydrogen) atoms. The minimum absolute atomic E-state index is 0.0237. The maximum atomic E-state index is 11.8. The van der Waals surface area contributed by atoms with Gasteiger partial charge in [-0.2, -0.15) is 0 Å². The lowest BCUT2D eigenvalue weighted by molar-refractivity contribution is -0.118. The number of hydrogen-bond donors (Lipinski definition) is 2. The van der Waals surface area contributed by atoms with Crippen LogP contribution in [0, 0.1) is 0 Å². The Hall–Kier alpha value is -1.44. The van der Waals surface area contributed by atoms with Crippen molar-refractivity contribution in [1.82, 2.24) is 10.6 Å². The van der Waals surface area contributed by atoms with Gasteiger partial charge in [0, 0.05) is 19.7 Å². The molecule has 1 aromatic rings. The van der Waals surface area contributed by atoms with Gasteiger partial charge in [0.1, 0.15) is 5.75 Å². The summed E-state index contributed by atoms with van der Waals surface area (Å²) in [5.41, 5.74) is 2.43. The molecule has 2 rings (SSSR count). The highest BCUT2D eigenvalue weighted by molar-refractivity contribution is 7.92. The molecule has 122 valence electrons. The van der Waals surface area contributed by atoms with E-state index >= 15 is 0 Å². The normalized spacial score (nSPS) is 17.8. The van der Waals surface area contributed by atoms with Crippen LogP contribution in [0.3, 0.4) is 0 Å². The van der Waals surface area contributed by atoms with Gasteiger partial charge in [0.2, 0.25) is 5.91 Å². The number of sulfone groups is 1. The summed E-state index contributed by atoms with van der Waals surface area (Å²) in [7, 11) is -1.98. The van der Waals surface area contributed by atoms with Gasteiger partial charge in [-0.25, -0.2) is 8.42 Å². The molecule has 2 N–H and O–H groups in total. The van der Waals surface area contributed by atoms with Crippen molar-refractivity contribution < 1.29 is 17.9 Å². The van der Waals surface area contributed by atoms with E-state index in [1.54, 1.807) is 0 Å². The van der Waals surface area contributed by atoms with Gasteiger partial charge in [-0.05, 0) is 24.1 Å². The van der Waals surface area contributed by atoms with Crippen molar-refractivity contribution in [1.29, 1.82) is 0 Å². The lowest BCUT2D eigenvalue weighted by Crippen LogP contribution is -2.40. The van der Waals surface area contributed by atoms with Crippen LogP contribution in [0.4, 0.5) is 0 Å². The Morgan fingerprint density at radius 3 is 2.95 bits per heavy atom. The third-order valence-electron chi connectivity index (χ3n) is 3.67. The van der Waals surface area contributed by atoms with E-state index in [-0.39, 0.29) is 18.4 Å². The van der Waals surface area contributed by atoms with Crippen molar-refractivity contribution in [3.63, 3.8) is 0 Å². The van der Waals surface area contributed by atoms with Gasteiger partial charge in [-0.3, -0.25) is 4.79 Å². The van der Waals surface area contributed by atoms with Crippen LogP contribution in [0.2, 0.25) is 0 Å². The van der Waals surface area contributed by atoms with Crippen molar-refractivity contribution in [3.8, 4) is 0 Å². The smallest absolute Gasteiger partial charge is 0.235 e. The fourth-order valence-corrected chi connectivity index (χ4v) is 3.59. The van der Waals surface area contributed by atoms with Gasteiger partial charge >= 0.3 is 0 Å². The molecule has 0 aromatic heterocycles. The Morgan fingerprint density at radius 1 is 1.41 bits per heavy atom. The molecule has 1 amide bonds. The van der Waals surface area contributed by atoms with Crippen LogP contribution < -0.4 is 10.6 Å². The number of hydrogen-bond acceptors (Lipinski definition) is 5. The molecule has 0 saturated carbocycles. The van der Waals surface area contributed by atoms with Crippen molar-refractivity contribution in [2.24, 2.45) is 0 Å². The highest BCUT2D eigenvalue weighted by Gasteiger charge is 2.21. The van der Waals surface area contributed by atoms with E-state index < -0.39 is 21.5 Å². The summed E-state index contributed by atoms with van der Waals surface area (Å²) >= 11 is 0. The van der Waals surface area contributed by atoms with Crippen LogP contribution in [0.25, 0.3) is 0 Å². The molecule has 7 heteroatoms.